The number of nitrogens with zero attached hydrogens (tertiary/aromatic N) is 2. The third-order valence-corrected chi connectivity index (χ3v) is 5.32. The average molecular weight is 459 g/mol. The third kappa shape index (κ3) is 4.33. The molecule has 0 aliphatic carbocycles. The molecule has 1 atom stereocenters. The molecule has 0 saturated heterocycles. The van der Waals surface area contributed by atoms with Gasteiger partial charge in [-0.05, 0) is 32.0 Å². The average Bonchev–Trinajstić information content (AvgIpc) is 2.98. The lowest BCUT2D eigenvalue weighted by molar-refractivity contribution is -0.123. The zero-order chi connectivity index (χ0) is 23.6. The monoisotopic (exact) mass is 458 g/mol. The number of hydrogen-bond acceptors (Lipinski definition) is 6. The van der Waals surface area contributed by atoms with Crippen molar-refractivity contribution in [1.29, 1.82) is 0 Å². The van der Waals surface area contributed by atoms with E-state index in [4.69, 9.17) is 26.8 Å². The normalized spacial score (nSPS) is 11.7. The highest BCUT2D eigenvalue weighted by Gasteiger charge is 2.25. The van der Waals surface area contributed by atoms with Crippen molar-refractivity contribution in [1.82, 2.24) is 9.36 Å². The summed E-state index contributed by atoms with van der Waals surface area (Å²) in [6.45, 7) is 3.10. The number of nitrogens with one attached hydrogen (secondary N) is 1. The maximum Gasteiger partial charge on any atom is 0.342 e. The zero-order valence-corrected chi connectivity index (χ0v) is 18.8. The minimum absolute atomic E-state index is 0.0219. The first-order valence-electron chi connectivity index (χ1n) is 9.64. The largest absolute Gasteiger partial charge is 0.496 e. The van der Waals surface area contributed by atoms with E-state index in [9.17, 15) is 14.4 Å². The molecule has 0 saturated carbocycles. The van der Waals surface area contributed by atoms with Gasteiger partial charge in [-0.15, -0.1) is 0 Å². The van der Waals surface area contributed by atoms with Crippen LogP contribution in [0.25, 0.3) is 5.69 Å². The summed E-state index contributed by atoms with van der Waals surface area (Å²) in [6.07, 6.45) is -1.20. The van der Waals surface area contributed by atoms with E-state index in [1.807, 2.05) is 18.2 Å². The SMILES string of the molecule is COc1cc(N)c(Cl)cc1C(=O)OC(C)C(=O)Nc1c(C)n(C)n(-c2ccccc2)c1=O. The van der Waals surface area contributed by atoms with Gasteiger partial charge in [0, 0.05) is 13.1 Å². The molecule has 10 heteroatoms. The van der Waals surface area contributed by atoms with Crippen molar-refractivity contribution >= 4 is 34.9 Å². The fraction of sp³-hybridized carbons (Fsp3) is 0.227. The van der Waals surface area contributed by atoms with Crippen molar-refractivity contribution < 1.29 is 19.1 Å². The first kappa shape index (κ1) is 23.0. The Hall–Kier alpha value is -3.72. The number of aromatic nitrogens is 2. The predicted molar refractivity (Wildman–Crippen MR) is 122 cm³/mol. The molecule has 32 heavy (non-hydrogen) atoms. The minimum Gasteiger partial charge on any atom is -0.496 e. The Bertz CT molecular complexity index is 1230. The summed E-state index contributed by atoms with van der Waals surface area (Å²) in [6, 6.07) is 11.7. The number of nitrogens with two attached hydrogens (primary N) is 1. The molecule has 1 aromatic heterocycles. The maximum atomic E-state index is 12.9. The third-order valence-electron chi connectivity index (χ3n) is 4.99. The highest BCUT2D eigenvalue weighted by molar-refractivity contribution is 6.33. The number of nitrogen functional groups attached to an aromatic ring is 1. The number of para-hydroxylation sites is 1. The number of carbonyl (C=O) groups is 2. The molecular formula is C22H23ClN4O5. The van der Waals surface area contributed by atoms with E-state index in [0.717, 1.165) is 0 Å². The van der Waals surface area contributed by atoms with Gasteiger partial charge in [0.1, 0.15) is 17.0 Å². The first-order chi connectivity index (χ1) is 15.1. The summed E-state index contributed by atoms with van der Waals surface area (Å²) in [5, 5.41) is 2.72. The summed E-state index contributed by atoms with van der Waals surface area (Å²) in [7, 11) is 3.07. The van der Waals surface area contributed by atoms with Crippen molar-refractivity contribution in [3.63, 3.8) is 0 Å². The highest BCUT2D eigenvalue weighted by atomic mass is 35.5. The van der Waals surface area contributed by atoms with Gasteiger partial charge in [-0.2, -0.15) is 0 Å². The molecule has 168 valence electrons. The molecule has 1 amide bonds. The Labute approximate surface area is 189 Å². The van der Waals surface area contributed by atoms with Crippen molar-refractivity contribution in [3.05, 3.63) is 69.1 Å². The molecule has 3 N–H and O–H groups in total. The van der Waals surface area contributed by atoms with E-state index in [0.29, 0.717) is 11.4 Å². The van der Waals surface area contributed by atoms with Crippen LogP contribution in [0.15, 0.2) is 47.3 Å². The van der Waals surface area contributed by atoms with Crippen molar-refractivity contribution in [3.8, 4) is 11.4 Å². The molecule has 3 rings (SSSR count). The second kappa shape index (κ2) is 9.19. The van der Waals surface area contributed by atoms with E-state index in [2.05, 4.69) is 5.32 Å². The zero-order valence-electron chi connectivity index (χ0n) is 18.0. The number of halogens is 1. The van der Waals surface area contributed by atoms with Crippen LogP contribution in [0.4, 0.5) is 11.4 Å². The fourth-order valence-corrected chi connectivity index (χ4v) is 3.28. The van der Waals surface area contributed by atoms with Gasteiger partial charge in [-0.3, -0.25) is 14.3 Å². The number of methoxy groups -OCH3 is 1. The van der Waals surface area contributed by atoms with Crippen molar-refractivity contribution in [2.45, 2.75) is 20.0 Å². The lowest BCUT2D eigenvalue weighted by atomic mass is 10.2. The van der Waals surface area contributed by atoms with E-state index < -0.39 is 23.5 Å². The van der Waals surface area contributed by atoms with Gasteiger partial charge in [-0.1, -0.05) is 29.8 Å². The van der Waals surface area contributed by atoms with Crippen LogP contribution in [0.1, 0.15) is 23.0 Å². The Morgan fingerprint density at radius 2 is 1.84 bits per heavy atom. The van der Waals surface area contributed by atoms with E-state index in [-0.39, 0.29) is 27.7 Å². The summed E-state index contributed by atoms with van der Waals surface area (Å²) >= 11 is 5.99. The number of amides is 1. The summed E-state index contributed by atoms with van der Waals surface area (Å²) in [4.78, 5) is 38.2. The molecule has 0 bridgehead atoms. The van der Waals surface area contributed by atoms with Crippen LogP contribution < -0.4 is 21.3 Å². The molecule has 0 aliphatic heterocycles. The molecule has 9 nitrogen and oxygen atoms in total. The second-order valence-electron chi connectivity index (χ2n) is 7.05. The van der Waals surface area contributed by atoms with Crippen LogP contribution in [0.2, 0.25) is 5.02 Å². The molecule has 3 aromatic rings. The summed E-state index contributed by atoms with van der Waals surface area (Å²) in [5.41, 5.74) is 6.86. The molecule has 0 radical (unpaired) electrons. The second-order valence-corrected chi connectivity index (χ2v) is 7.45. The van der Waals surface area contributed by atoms with Gasteiger partial charge < -0.3 is 20.5 Å². The molecule has 1 heterocycles. The molecule has 1 unspecified atom stereocenters. The Morgan fingerprint density at radius 3 is 2.47 bits per heavy atom. The number of hydrogen-bond donors (Lipinski definition) is 2. The van der Waals surface area contributed by atoms with Crippen molar-refractivity contribution in [2.75, 3.05) is 18.2 Å². The quantitative estimate of drug-likeness (QED) is 0.433. The number of benzene rings is 2. The Kier molecular flexibility index (Phi) is 6.59. The van der Waals surface area contributed by atoms with Crippen LogP contribution >= 0.6 is 11.6 Å². The van der Waals surface area contributed by atoms with Gasteiger partial charge >= 0.3 is 5.97 Å². The summed E-state index contributed by atoms with van der Waals surface area (Å²) < 4.78 is 13.5. The number of rotatable bonds is 6. The van der Waals surface area contributed by atoms with E-state index in [1.165, 1.54) is 30.8 Å². The Morgan fingerprint density at radius 1 is 1.19 bits per heavy atom. The lowest BCUT2D eigenvalue weighted by Crippen LogP contribution is -2.32. The molecular weight excluding hydrogens is 436 g/mol. The first-order valence-corrected chi connectivity index (χ1v) is 10.0. The lowest BCUT2D eigenvalue weighted by Gasteiger charge is -2.15. The number of anilines is 2. The molecule has 2 aromatic carbocycles. The van der Waals surface area contributed by atoms with Crippen LogP contribution in [-0.2, 0) is 16.6 Å². The topological polar surface area (TPSA) is 118 Å². The van der Waals surface area contributed by atoms with Crippen LogP contribution in [0, 0.1) is 6.92 Å². The summed E-state index contributed by atoms with van der Waals surface area (Å²) in [5.74, 6) is -1.32. The minimum atomic E-state index is -1.20. The fourth-order valence-electron chi connectivity index (χ4n) is 3.11. The van der Waals surface area contributed by atoms with Gasteiger partial charge in [0.25, 0.3) is 11.5 Å². The number of ether oxygens (including phenoxy) is 2. The van der Waals surface area contributed by atoms with Crippen molar-refractivity contribution in [2.24, 2.45) is 7.05 Å². The number of esters is 1. The van der Waals surface area contributed by atoms with Crippen LogP contribution in [0.3, 0.4) is 0 Å². The Balaban J connectivity index is 1.81. The molecule has 0 spiro atoms. The van der Waals surface area contributed by atoms with Crippen LogP contribution in [-0.4, -0.2) is 34.5 Å². The van der Waals surface area contributed by atoms with E-state index in [1.54, 1.807) is 30.8 Å². The molecule has 0 aliphatic rings. The van der Waals surface area contributed by atoms with Gasteiger partial charge in [0.05, 0.1) is 29.2 Å². The molecule has 0 fully saturated rings. The maximum absolute atomic E-state index is 12.9. The number of carbonyl (C=O) groups excluding carboxylic acids is 2. The predicted octanol–water partition coefficient (Wildman–Crippen LogP) is 2.91. The smallest absolute Gasteiger partial charge is 0.342 e. The van der Waals surface area contributed by atoms with Crippen LogP contribution in [0.5, 0.6) is 5.75 Å². The van der Waals surface area contributed by atoms with Gasteiger partial charge in [0.2, 0.25) is 0 Å². The standard InChI is InChI=1S/C22H23ClN4O5/c1-12-19(21(29)27(26(12)3)14-8-6-5-7-9-14)25-20(28)13(2)32-22(30)15-10-16(23)17(24)11-18(15)31-4/h5-11,13H,24H2,1-4H3,(H,25,28). The van der Waals surface area contributed by atoms with Gasteiger partial charge in [-0.25, -0.2) is 9.48 Å². The highest BCUT2D eigenvalue weighted by Crippen LogP contribution is 2.29. The van der Waals surface area contributed by atoms with Gasteiger partial charge in [0.15, 0.2) is 6.10 Å². The van der Waals surface area contributed by atoms with E-state index >= 15 is 0 Å².